The van der Waals surface area contributed by atoms with Gasteiger partial charge in [0.2, 0.25) is 0 Å². The Morgan fingerprint density at radius 1 is 1.17 bits per heavy atom. The first-order valence-corrected chi connectivity index (χ1v) is 5.24. The van der Waals surface area contributed by atoms with Crippen LogP contribution in [0.15, 0.2) is 47.4 Å². The summed E-state index contributed by atoms with van der Waals surface area (Å²) >= 11 is 0. The molecule has 0 fully saturated rings. The highest BCUT2D eigenvalue weighted by Gasteiger charge is 2.09. The van der Waals surface area contributed by atoms with Gasteiger partial charge in [-0.25, -0.2) is 9.20 Å². The lowest BCUT2D eigenvalue weighted by molar-refractivity contribution is 0.676. The molecule has 0 spiro atoms. The molecular weight excluding hydrogens is 230 g/mol. The van der Waals surface area contributed by atoms with E-state index < -0.39 is 0 Å². The lowest BCUT2D eigenvalue weighted by Crippen LogP contribution is -2.28. The van der Waals surface area contributed by atoms with Crippen LogP contribution in [0.3, 0.4) is 0 Å². The maximum Gasteiger partial charge on any atom is 0.356 e. The molecular formula is C12H7N5O. The highest BCUT2D eigenvalue weighted by molar-refractivity contribution is 5.54. The van der Waals surface area contributed by atoms with Gasteiger partial charge in [-0.1, -0.05) is 23.4 Å². The van der Waals surface area contributed by atoms with Crippen LogP contribution in [0.4, 0.5) is 0 Å². The fourth-order valence-corrected chi connectivity index (χ4v) is 1.73. The van der Waals surface area contributed by atoms with Crippen molar-refractivity contribution in [3.8, 4) is 11.8 Å². The Labute approximate surface area is 101 Å². The smallest absolute Gasteiger partial charge is 0.249 e. The predicted molar refractivity (Wildman–Crippen MR) is 63.3 cm³/mol. The molecule has 0 N–H and O–H groups in total. The van der Waals surface area contributed by atoms with E-state index in [1.165, 1.54) is 15.3 Å². The van der Waals surface area contributed by atoms with Crippen LogP contribution in [-0.2, 0) is 0 Å². The Kier molecular flexibility index (Phi) is 2.17. The minimum atomic E-state index is -0.354. The predicted octanol–water partition coefficient (Wildman–Crippen LogP) is 0.752. The van der Waals surface area contributed by atoms with Crippen LogP contribution < -0.4 is 5.69 Å². The van der Waals surface area contributed by atoms with Crippen LogP contribution in [0.1, 0.15) is 5.56 Å². The summed E-state index contributed by atoms with van der Waals surface area (Å²) in [4.78, 5) is 12.2. The van der Waals surface area contributed by atoms with Gasteiger partial charge in [0, 0.05) is 6.20 Å². The molecule has 6 heteroatoms. The molecule has 0 bridgehead atoms. The minimum Gasteiger partial charge on any atom is -0.249 e. The molecule has 0 atom stereocenters. The summed E-state index contributed by atoms with van der Waals surface area (Å²) in [5.41, 5.74) is 0.881. The number of rotatable bonds is 1. The molecule has 86 valence electrons. The van der Waals surface area contributed by atoms with E-state index in [-0.39, 0.29) is 11.3 Å². The number of aromatic nitrogens is 4. The number of nitriles is 1. The van der Waals surface area contributed by atoms with Crippen LogP contribution in [0.2, 0.25) is 0 Å². The highest BCUT2D eigenvalue weighted by atomic mass is 16.2. The number of nitrogens with zero attached hydrogens (tertiary/aromatic N) is 5. The van der Waals surface area contributed by atoms with E-state index >= 15 is 0 Å². The van der Waals surface area contributed by atoms with Crippen molar-refractivity contribution in [2.24, 2.45) is 0 Å². The minimum absolute atomic E-state index is 0.273. The maximum atomic E-state index is 12.2. The van der Waals surface area contributed by atoms with E-state index in [0.717, 1.165) is 0 Å². The lowest BCUT2D eigenvalue weighted by atomic mass is 10.3. The molecule has 6 nitrogen and oxygen atoms in total. The molecule has 0 amide bonds. The summed E-state index contributed by atoms with van der Waals surface area (Å²) in [6, 6.07) is 12.5. The van der Waals surface area contributed by atoms with Gasteiger partial charge in [0.1, 0.15) is 6.07 Å². The molecule has 18 heavy (non-hydrogen) atoms. The van der Waals surface area contributed by atoms with Gasteiger partial charge in [-0.15, -0.1) is 5.10 Å². The number of hydrogen-bond acceptors (Lipinski definition) is 4. The first-order valence-electron chi connectivity index (χ1n) is 5.24. The van der Waals surface area contributed by atoms with E-state index in [0.29, 0.717) is 11.3 Å². The Morgan fingerprint density at radius 2 is 1.94 bits per heavy atom. The third kappa shape index (κ3) is 1.38. The largest absolute Gasteiger partial charge is 0.356 e. The maximum absolute atomic E-state index is 12.2. The van der Waals surface area contributed by atoms with Crippen molar-refractivity contribution in [3.05, 3.63) is 58.6 Å². The molecule has 2 heterocycles. The Bertz CT molecular complexity index is 810. The first-order chi connectivity index (χ1) is 8.81. The zero-order chi connectivity index (χ0) is 12.5. The van der Waals surface area contributed by atoms with Gasteiger partial charge < -0.3 is 0 Å². The zero-order valence-electron chi connectivity index (χ0n) is 9.19. The average Bonchev–Trinajstić information content (AvgIpc) is 2.84. The van der Waals surface area contributed by atoms with E-state index in [1.807, 2.05) is 24.3 Å². The van der Waals surface area contributed by atoms with Crippen LogP contribution in [-0.4, -0.2) is 19.4 Å². The quantitative estimate of drug-likeness (QED) is 0.625. The molecule has 0 aliphatic carbocycles. The second-order valence-electron chi connectivity index (χ2n) is 3.65. The molecule has 0 aliphatic heterocycles. The number of hydrogen-bond donors (Lipinski definition) is 0. The third-order valence-electron chi connectivity index (χ3n) is 2.60. The normalized spacial score (nSPS) is 10.4. The van der Waals surface area contributed by atoms with Crippen LogP contribution >= 0.6 is 0 Å². The second kappa shape index (κ2) is 3.82. The van der Waals surface area contributed by atoms with Gasteiger partial charge in [-0.2, -0.15) is 9.94 Å². The van der Waals surface area contributed by atoms with Gasteiger partial charge in [-0.05, 0) is 18.2 Å². The monoisotopic (exact) mass is 237 g/mol. The van der Waals surface area contributed by atoms with Crippen molar-refractivity contribution in [1.82, 2.24) is 19.4 Å². The van der Waals surface area contributed by atoms with E-state index in [4.69, 9.17) is 5.26 Å². The second-order valence-corrected chi connectivity index (χ2v) is 3.65. The molecule has 0 aliphatic rings. The van der Waals surface area contributed by atoms with Gasteiger partial charge in [0.25, 0.3) is 0 Å². The molecule has 0 unspecified atom stereocenters. The van der Waals surface area contributed by atoms with Gasteiger partial charge in [0.15, 0.2) is 5.65 Å². The Balaban J connectivity index is 2.32. The fraction of sp³-hybridized carbons (Fsp3) is 0. The van der Waals surface area contributed by atoms with Crippen LogP contribution in [0.25, 0.3) is 11.3 Å². The third-order valence-corrected chi connectivity index (χ3v) is 2.60. The molecule has 1 aromatic carbocycles. The van der Waals surface area contributed by atoms with Crippen LogP contribution in [0.5, 0.6) is 0 Å². The average molecular weight is 237 g/mol. The Morgan fingerprint density at radius 3 is 2.67 bits per heavy atom. The van der Waals surface area contributed by atoms with Gasteiger partial charge in [0.05, 0.1) is 11.3 Å². The topological polar surface area (TPSA) is 76.0 Å². The zero-order valence-corrected chi connectivity index (χ0v) is 9.19. The standard InChI is InChI=1S/C12H7N5O/c13-8-9-6-7-16-11(9)14-15-17(12(16)18)10-4-2-1-3-5-10/h1-7H. The van der Waals surface area contributed by atoms with Gasteiger partial charge >= 0.3 is 5.69 Å². The summed E-state index contributed by atoms with van der Waals surface area (Å²) in [7, 11) is 0. The summed E-state index contributed by atoms with van der Waals surface area (Å²) in [5.74, 6) is 0. The van der Waals surface area contributed by atoms with E-state index in [1.54, 1.807) is 18.2 Å². The van der Waals surface area contributed by atoms with Crippen molar-refractivity contribution >= 4 is 5.65 Å². The van der Waals surface area contributed by atoms with Crippen LogP contribution in [0, 0.1) is 11.3 Å². The number of fused-ring (bicyclic) bond motifs is 1. The van der Waals surface area contributed by atoms with Crippen molar-refractivity contribution in [1.29, 1.82) is 5.26 Å². The van der Waals surface area contributed by atoms with Crippen molar-refractivity contribution in [3.63, 3.8) is 0 Å². The number of para-hydroxylation sites is 1. The van der Waals surface area contributed by atoms with E-state index in [9.17, 15) is 4.79 Å². The van der Waals surface area contributed by atoms with Crippen molar-refractivity contribution in [2.75, 3.05) is 0 Å². The highest BCUT2D eigenvalue weighted by Crippen LogP contribution is 2.06. The van der Waals surface area contributed by atoms with Gasteiger partial charge in [-0.3, -0.25) is 0 Å². The molecule has 0 saturated carbocycles. The Hall–Kier alpha value is -2.94. The first kappa shape index (κ1) is 10.2. The van der Waals surface area contributed by atoms with Crippen molar-refractivity contribution in [2.45, 2.75) is 0 Å². The van der Waals surface area contributed by atoms with Crippen molar-refractivity contribution < 1.29 is 0 Å². The molecule has 0 radical (unpaired) electrons. The SMILES string of the molecule is N#Cc1ccn2c(=O)n(-c3ccccc3)nnc12. The summed E-state index contributed by atoms with van der Waals surface area (Å²) in [5, 5.41) is 16.6. The molecule has 2 aromatic heterocycles. The lowest BCUT2D eigenvalue weighted by Gasteiger charge is -2.02. The molecule has 3 aromatic rings. The fourth-order valence-electron chi connectivity index (χ4n) is 1.73. The summed E-state index contributed by atoms with van der Waals surface area (Å²) < 4.78 is 2.49. The molecule has 0 saturated heterocycles. The summed E-state index contributed by atoms with van der Waals surface area (Å²) in [6.45, 7) is 0. The molecule has 3 rings (SSSR count). The summed E-state index contributed by atoms with van der Waals surface area (Å²) in [6.07, 6.45) is 1.52. The number of benzene rings is 1. The van der Waals surface area contributed by atoms with E-state index in [2.05, 4.69) is 10.3 Å².